The molecule has 9 nitrogen and oxygen atoms in total. The Bertz CT molecular complexity index is 1410. The molecule has 0 aromatic heterocycles. The quantitative estimate of drug-likeness (QED) is 0.279. The molecule has 2 atom stereocenters. The van der Waals surface area contributed by atoms with Gasteiger partial charge in [-0.2, -0.15) is 0 Å². The lowest BCUT2D eigenvalue weighted by Crippen LogP contribution is -2.54. The predicted molar refractivity (Wildman–Crippen MR) is 165 cm³/mol. The van der Waals surface area contributed by atoms with E-state index in [2.05, 4.69) is 5.32 Å². The summed E-state index contributed by atoms with van der Waals surface area (Å²) in [5.41, 5.74) is 1.93. The fraction of sp³-hybridized carbons (Fsp3) is 0.375. The summed E-state index contributed by atoms with van der Waals surface area (Å²) in [6.45, 7) is 5.78. The molecule has 3 aromatic carbocycles. The first-order valence-corrected chi connectivity index (χ1v) is 15.9. The number of hydrogen-bond donors (Lipinski definition) is 1. The van der Waals surface area contributed by atoms with Crippen molar-refractivity contribution in [3.8, 4) is 11.5 Å². The first kappa shape index (κ1) is 32.5. The molecule has 0 radical (unpaired) electrons. The van der Waals surface area contributed by atoms with Crippen LogP contribution in [0.1, 0.15) is 38.3 Å². The minimum Gasteiger partial charge on any atom is -0.497 e. The fourth-order valence-corrected chi connectivity index (χ4v) is 5.30. The van der Waals surface area contributed by atoms with Crippen molar-refractivity contribution >= 4 is 27.5 Å². The maximum atomic E-state index is 14.2. The molecule has 1 N–H and O–H groups in total. The van der Waals surface area contributed by atoms with Crippen molar-refractivity contribution in [3.63, 3.8) is 0 Å². The lowest BCUT2D eigenvalue weighted by molar-refractivity contribution is -0.140. The first-order valence-electron chi connectivity index (χ1n) is 14.0. The van der Waals surface area contributed by atoms with Crippen LogP contribution in [0.25, 0.3) is 0 Å². The van der Waals surface area contributed by atoms with Crippen LogP contribution in [0.15, 0.2) is 78.9 Å². The van der Waals surface area contributed by atoms with Crippen LogP contribution in [-0.4, -0.2) is 63.7 Å². The van der Waals surface area contributed by atoms with E-state index in [1.807, 2.05) is 63.2 Å². The van der Waals surface area contributed by atoms with E-state index in [9.17, 15) is 18.0 Å². The zero-order chi connectivity index (χ0) is 30.7. The minimum absolute atomic E-state index is 0.0718. The number of ether oxygens (including phenoxy) is 2. The third-order valence-corrected chi connectivity index (χ3v) is 8.01. The highest BCUT2D eigenvalue weighted by molar-refractivity contribution is 7.92. The average molecular weight is 596 g/mol. The summed E-state index contributed by atoms with van der Waals surface area (Å²) in [4.78, 5) is 29.4. The number of carbonyl (C=O) groups excluding carboxylic acids is 2. The number of amides is 2. The second kappa shape index (κ2) is 15.3. The molecular weight excluding hydrogens is 554 g/mol. The normalized spacial score (nSPS) is 12.6. The van der Waals surface area contributed by atoms with E-state index in [0.717, 1.165) is 21.7 Å². The van der Waals surface area contributed by atoms with Gasteiger partial charge in [-0.25, -0.2) is 8.42 Å². The van der Waals surface area contributed by atoms with Crippen molar-refractivity contribution in [3.05, 3.63) is 90.0 Å². The van der Waals surface area contributed by atoms with Gasteiger partial charge in [-0.15, -0.1) is 0 Å². The first-order chi connectivity index (χ1) is 20.0. The number of nitrogens with zero attached hydrogens (tertiary/aromatic N) is 2. The van der Waals surface area contributed by atoms with Crippen molar-refractivity contribution < 1.29 is 27.5 Å². The Kier molecular flexibility index (Phi) is 11.8. The minimum atomic E-state index is -3.86. The second-order valence-corrected chi connectivity index (χ2v) is 12.0. The van der Waals surface area contributed by atoms with Gasteiger partial charge < -0.3 is 19.7 Å². The van der Waals surface area contributed by atoms with Crippen LogP contribution in [0.5, 0.6) is 11.5 Å². The number of carbonyl (C=O) groups is 2. The van der Waals surface area contributed by atoms with Gasteiger partial charge in [0.2, 0.25) is 21.8 Å². The number of rotatable bonds is 15. The highest BCUT2D eigenvalue weighted by Gasteiger charge is 2.33. The van der Waals surface area contributed by atoms with Crippen LogP contribution >= 0.6 is 0 Å². The van der Waals surface area contributed by atoms with Gasteiger partial charge >= 0.3 is 0 Å². The molecule has 10 heteroatoms. The lowest BCUT2D eigenvalue weighted by Gasteiger charge is -2.34. The summed E-state index contributed by atoms with van der Waals surface area (Å²) >= 11 is 0. The molecule has 3 aromatic rings. The van der Waals surface area contributed by atoms with Gasteiger partial charge in [0.15, 0.2) is 0 Å². The standard InChI is InChI=1S/C32H41N3O6S/c1-6-24(3)33-32(37)30(21-25-12-9-8-10-13-25)34(22-26-14-11-15-29(20-26)40-4)31(36)23-35(42(5,38)39)27-16-18-28(19-17-27)41-7-2/h8-20,24,30H,6-7,21-23H2,1-5H3,(H,33,37)/t24-,30-/m1/s1. The number of nitrogens with one attached hydrogen (secondary N) is 1. The summed E-state index contributed by atoms with van der Waals surface area (Å²) in [6.07, 6.45) is 2.02. The molecule has 0 fully saturated rings. The van der Waals surface area contributed by atoms with Crippen molar-refractivity contribution in [2.75, 3.05) is 30.8 Å². The van der Waals surface area contributed by atoms with Gasteiger partial charge in [-0.1, -0.05) is 49.4 Å². The molecule has 226 valence electrons. The van der Waals surface area contributed by atoms with Gasteiger partial charge in [0, 0.05) is 19.0 Å². The summed E-state index contributed by atoms with van der Waals surface area (Å²) in [7, 11) is -2.30. The largest absolute Gasteiger partial charge is 0.497 e. The highest BCUT2D eigenvalue weighted by atomic mass is 32.2. The third-order valence-electron chi connectivity index (χ3n) is 6.87. The maximum Gasteiger partial charge on any atom is 0.244 e. The molecule has 2 amide bonds. The SMILES string of the molecule is CCOc1ccc(N(CC(=O)N(Cc2cccc(OC)c2)[C@H](Cc2ccccc2)C(=O)N[C@H](C)CC)S(C)(=O)=O)cc1. The lowest BCUT2D eigenvalue weighted by atomic mass is 10.0. The van der Waals surface area contributed by atoms with Gasteiger partial charge in [0.05, 0.1) is 25.7 Å². The second-order valence-electron chi connectivity index (χ2n) is 10.1. The van der Waals surface area contributed by atoms with Crippen molar-refractivity contribution in [2.45, 2.75) is 52.2 Å². The molecular formula is C32H41N3O6S. The molecule has 0 bridgehead atoms. The highest BCUT2D eigenvalue weighted by Crippen LogP contribution is 2.24. The number of sulfonamides is 1. The summed E-state index contributed by atoms with van der Waals surface area (Å²) in [5.74, 6) is 0.370. The van der Waals surface area contributed by atoms with Crippen LogP contribution in [0.4, 0.5) is 5.69 Å². The zero-order valence-electron chi connectivity index (χ0n) is 24.9. The van der Waals surface area contributed by atoms with Crippen LogP contribution in [0.2, 0.25) is 0 Å². The third kappa shape index (κ3) is 9.24. The summed E-state index contributed by atoms with van der Waals surface area (Å²) in [5, 5.41) is 3.02. The monoisotopic (exact) mass is 595 g/mol. The number of benzene rings is 3. The van der Waals surface area contributed by atoms with E-state index in [1.165, 1.54) is 4.90 Å². The van der Waals surface area contributed by atoms with E-state index >= 15 is 0 Å². The molecule has 42 heavy (non-hydrogen) atoms. The van der Waals surface area contributed by atoms with E-state index in [-0.39, 0.29) is 24.9 Å². The molecule has 0 saturated carbocycles. The maximum absolute atomic E-state index is 14.2. The van der Waals surface area contributed by atoms with E-state index < -0.39 is 28.5 Å². The molecule has 0 unspecified atom stereocenters. The zero-order valence-corrected chi connectivity index (χ0v) is 25.8. The molecule has 0 aliphatic heterocycles. The van der Waals surface area contributed by atoms with Gasteiger partial charge in [-0.05, 0) is 67.8 Å². The number of anilines is 1. The molecule has 0 aliphatic rings. The predicted octanol–water partition coefficient (Wildman–Crippen LogP) is 4.41. The summed E-state index contributed by atoms with van der Waals surface area (Å²) < 4.78 is 37.8. The number of hydrogen-bond acceptors (Lipinski definition) is 6. The van der Waals surface area contributed by atoms with Gasteiger partial charge in [0.25, 0.3) is 0 Å². The van der Waals surface area contributed by atoms with Gasteiger partial charge in [0.1, 0.15) is 24.1 Å². The average Bonchev–Trinajstić information content (AvgIpc) is 2.98. The summed E-state index contributed by atoms with van der Waals surface area (Å²) in [6, 6.07) is 22.2. The topological polar surface area (TPSA) is 105 Å². The van der Waals surface area contributed by atoms with Crippen LogP contribution < -0.4 is 19.1 Å². The molecule has 0 spiro atoms. The molecule has 0 aliphatic carbocycles. The fourth-order valence-electron chi connectivity index (χ4n) is 4.45. The number of methoxy groups -OCH3 is 1. The van der Waals surface area contributed by atoms with E-state index in [4.69, 9.17) is 9.47 Å². The Morgan fingerprint density at radius 1 is 0.905 bits per heavy atom. The molecule has 0 saturated heterocycles. The van der Waals surface area contributed by atoms with Crippen molar-refractivity contribution in [2.24, 2.45) is 0 Å². The smallest absolute Gasteiger partial charge is 0.244 e. The molecule has 3 rings (SSSR count). The molecule has 0 heterocycles. The van der Waals surface area contributed by atoms with E-state index in [0.29, 0.717) is 30.2 Å². The Morgan fingerprint density at radius 2 is 1.57 bits per heavy atom. The Labute approximate surface area is 249 Å². The van der Waals surface area contributed by atoms with Crippen molar-refractivity contribution in [1.82, 2.24) is 10.2 Å². The van der Waals surface area contributed by atoms with Crippen LogP contribution in [-0.2, 0) is 32.6 Å². The Morgan fingerprint density at radius 3 is 2.17 bits per heavy atom. The van der Waals surface area contributed by atoms with E-state index in [1.54, 1.807) is 43.5 Å². The van der Waals surface area contributed by atoms with Crippen LogP contribution in [0, 0.1) is 0 Å². The Hall–Kier alpha value is -4.05. The van der Waals surface area contributed by atoms with Gasteiger partial charge in [-0.3, -0.25) is 13.9 Å². The van der Waals surface area contributed by atoms with Crippen LogP contribution in [0.3, 0.4) is 0 Å². The Balaban J connectivity index is 2.05. The van der Waals surface area contributed by atoms with Crippen molar-refractivity contribution in [1.29, 1.82) is 0 Å².